The number of alkyl halides is 3. The van der Waals surface area contributed by atoms with Crippen LogP contribution in [0.15, 0.2) is 65.7 Å². The van der Waals surface area contributed by atoms with Gasteiger partial charge in [0.25, 0.3) is 0 Å². The smallest absolute Gasteiger partial charge is 0.446 e. The van der Waals surface area contributed by atoms with Crippen molar-refractivity contribution in [1.29, 1.82) is 0 Å². The van der Waals surface area contributed by atoms with E-state index in [-0.39, 0.29) is 23.3 Å². The quantitative estimate of drug-likeness (QED) is 0.594. The van der Waals surface area contributed by atoms with Crippen molar-refractivity contribution in [2.24, 2.45) is 0 Å². The summed E-state index contributed by atoms with van der Waals surface area (Å²) in [6.45, 7) is 0.270. The lowest BCUT2D eigenvalue weighted by atomic mass is 10.2. The van der Waals surface area contributed by atoms with Gasteiger partial charge in [0.2, 0.25) is 0 Å². The molecule has 0 saturated carbocycles. The molecular weight excluding hydrogens is 323 g/mol. The molecule has 0 saturated heterocycles. The molecule has 1 heterocycles. The molecule has 0 aliphatic carbocycles. The van der Waals surface area contributed by atoms with Crippen LogP contribution in [0.25, 0.3) is 10.9 Å². The van der Waals surface area contributed by atoms with Crippen molar-refractivity contribution < 1.29 is 17.9 Å². The van der Waals surface area contributed by atoms with Crippen molar-refractivity contribution in [3.05, 3.63) is 66.4 Å². The number of thioether (sulfide) groups is 1. The minimum Gasteiger partial charge on any atom is -0.487 e. The predicted octanol–water partition coefficient (Wildman–Crippen LogP) is 5.43. The largest absolute Gasteiger partial charge is 0.487 e. The lowest BCUT2D eigenvalue weighted by Crippen LogP contribution is -2.00. The van der Waals surface area contributed by atoms with E-state index < -0.39 is 5.51 Å². The van der Waals surface area contributed by atoms with Crippen LogP contribution in [0.2, 0.25) is 0 Å². The second-order valence-electron chi connectivity index (χ2n) is 4.81. The summed E-state index contributed by atoms with van der Waals surface area (Å²) < 4.78 is 42.6. The number of benzene rings is 2. The first kappa shape index (κ1) is 15.7. The molecule has 3 rings (SSSR count). The number of pyridine rings is 1. The molecule has 23 heavy (non-hydrogen) atoms. The summed E-state index contributed by atoms with van der Waals surface area (Å²) in [5.41, 5.74) is -2.71. The molecule has 1 aromatic heterocycles. The fraction of sp³-hybridized carbons (Fsp3) is 0.118. The van der Waals surface area contributed by atoms with E-state index in [0.717, 1.165) is 16.5 Å². The Morgan fingerprint density at radius 1 is 0.957 bits per heavy atom. The van der Waals surface area contributed by atoms with Gasteiger partial charge in [-0.15, -0.1) is 0 Å². The molecule has 0 amide bonds. The van der Waals surface area contributed by atoms with Gasteiger partial charge in [0.1, 0.15) is 17.9 Å². The predicted molar refractivity (Wildman–Crippen MR) is 84.4 cm³/mol. The van der Waals surface area contributed by atoms with Crippen LogP contribution < -0.4 is 4.74 Å². The molecule has 0 fully saturated rings. The Morgan fingerprint density at radius 3 is 2.43 bits per heavy atom. The normalized spacial score (nSPS) is 11.6. The van der Waals surface area contributed by atoms with Crippen LogP contribution in [0.4, 0.5) is 13.2 Å². The Labute approximate surface area is 135 Å². The maximum atomic E-state index is 12.3. The zero-order valence-electron chi connectivity index (χ0n) is 11.9. The van der Waals surface area contributed by atoms with Crippen LogP contribution in [-0.4, -0.2) is 10.5 Å². The molecule has 3 aromatic rings. The fourth-order valence-corrected chi connectivity index (χ4v) is 2.68. The second kappa shape index (κ2) is 6.50. The summed E-state index contributed by atoms with van der Waals surface area (Å²) in [4.78, 5) is 4.45. The summed E-state index contributed by atoms with van der Waals surface area (Å²) in [5.74, 6) is 0.650. The van der Waals surface area contributed by atoms with Crippen LogP contribution in [0.1, 0.15) is 5.56 Å². The molecule has 2 aromatic carbocycles. The van der Waals surface area contributed by atoms with Gasteiger partial charge in [-0.05, 0) is 41.6 Å². The highest BCUT2D eigenvalue weighted by Crippen LogP contribution is 2.36. The van der Waals surface area contributed by atoms with E-state index >= 15 is 0 Å². The standard InChI is InChI=1S/C17H12F3NOS/c18-17(19,20)23-14-8-6-12(7-9-14)11-22-15-5-1-3-13-4-2-10-21-16(13)15/h1-10H,11H2. The number of para-hydroxylation sites is 1. The van der Waals surface area contributed by atoms with Crippen molar-refractivity contribution in [3.8, 4) is 5.75 Å². The monoisotopic (exact) mass is 335 g/mol. The van der Waals surface area contributed by atoms with Crippen molar-refractivity contribution >= 4 is 22.7 Å². The minimum absolute atomic E-state index is 0.125. The van der Waals surface area contributed by atoms with Gasteiger partial charge >= 0.3 is 5.51 Å². The second-order valence-corrected chi connectivity index (χ2v) is 5.95. The highest BCUT2D eigenvalue weighted by molar-refractivity contribution is 8.00. The summed E-state index contributed by atoms with van der Waals surface area (Å²) in [5, 5.41) is 0.974. The van der Waals surface area contributed by atoms with Gasteiger partial charge in [-0.25, -0.2) is 0 Å². The number of hydrogen-bond donors (Lipinski definition) is 0. The lowest BCUT2D eigenvalue weighted by Gasteiger charge is -2.09. The van der Waals surface area contributed by atoms with Gasteiger partial charge in [0.05, 0.1) is 0 Å². The number of rotatable bonds is 4. The maximum Gasteiger partial charge on any atom is 0.446 e. The number of aromatic nitrogens is 1. The summed E-state index contributed by atoms with van der Waals surface area (Å²) in [6, 6.07) is 15.6. The van der Waals surface area contributed by atoms with Gasteiger partial charge in [-0.2, -0.15) is 13.2 Å². The Kier molecular flexibility index (Phi) is 4.43. The van der Waals surface area contributed by atoms with E-state index in [9.17, 15) is 13.2 Å². The molecule has 0 aliphatic heterocycles. The molecule has 0 unspecified atom stereocenters. The number of ether oxygens (including phenoxy) is 1. The SMILES string of the molecule is FC(F)(F)Sc1ccc(COc2cccc3cccnc23)cc1. The third-order valence-corrected chi connectivity index (χ3v) is 3.89. The van der Waals surface area contributed by atoms with Gasteiger partial charge < -0.3 is 4.74 Å². The van der Waals surface area contributed by atoms with E-state index in [1.54, 1.807) is 18.3 Å². The third-order valence-electron chi connectivity index (χ3n) is 3.15. The summed E-state index contributed by atoms with van der Waals surface area (Å²) in [6.07, 6.45) is 1.69. The topological polar surface area (TPSA) is 22.1 Å². The van der Waals surface area contributed by atoms with Gasteiger partial charge in [-0.1, -0.05) is 30.3 Å². The zero-order chi connectivity index (χ0) is 16.3. The van der Waals surface area contributed by atoms with Crippen LogP contribution in [0.3, 0.4) is 0 Å². The van der Waals surface area contributed by atoms with Crippen molar-refractivity contribution in [2.45, 2.75) is 17.0 Å². The van der Waals surface area contributed by atoms with Gasteiger partial charge in [-0.3, -0.25) is 4.98 Å². The lowest BCUT2D eigenvalue weighted by molar-refractivity contribution is -0.0328. The van der Waals surface area contributed by atoms with Crippen molar-refractivity contribution in [3.63, 3.8) is 0 Å². The molecule has 2 nitrogen and oxygen atoms in total. The zero-order valence-corrected chi connectivity index (χ0v) is 12.7. The first-order chi connectivity index (χ1) is 11.0. The number of nitrogens with zero attached hydrogens (tertiary/aromatic N) is 1. The van der Waals surface area contributed by atoms with E-state index in [1.807, 2.05) is 30.3 Å². The molecule has 0 spiro atoms. The van der Waals surface area contributed by atoms with E-state index in [1.165, 1.54) is 12.1 Å². The third kappa shape index (κ3) is 4.16. The van der Waals surface area contributed by atoms with Crippen LogP contribution in [-0.2, 0) is 6.61 Å². The van der Waals surface area contributed by atoms with Crippen molar-refractivity contribution in [2.75, 3.05) is 0 Å². The van der Waals surface area contributed by atoms with Gasteiger partial charge in [0, 0.05) is 16.5 Å². The summed E-state index contributed by atoms with van der Waals surface area (Å²) >= 11 is -0.125. The number of halogens is 3. The minimum atomic E-state index is -4.27. The van der Waals surface area contributed by atoms with E-state index in [4.69, 9.17) is 4.74 Å². The average molecular weight is 335 g/mol. The Bertz CT molecular complexity index is 798. The molecule has 0 atom stereocenters. The average Bonchev–Trinajstić information content (AvgIpc) is 2.53. The first-order valence-electron chi connectivity index (χ1n) is 6.82. The molecule has 0 N–H and O–H groups in total. The van der Waals surface area contributed by atoms with Crippen LogP contribution >= 0.6 is 11.8 Å². The molecule has 0 aliphatic rings. The highest BCUT2D eigenvalue weighted by Gasteiger charge is 2.28. The molecular formula is C17H12F3NOS. The molecule has 0 bridgehead atoms. The van der Waals surface area contributed by atoms with E-state index in [0.29, 0.717) is 5.75 Å². The van der Waals surface area contributed by atoms with Crippen molar-refractivity contribution in [1.82, 2.24) is 4.98 Å². The molecule has 0 radical (unpaired) electrons. The Hall–Kier alpha value is -2.21. The van der Waals surface area contributed by atoms with Crippen LogP contribution in [0, 0.1) is 0 Å². The molecule has 118 valence electrons. The Balaban J connectivity index is 1.70. The van der Waals surface area contributed by atoms with E-state index in [2.05, 4.69) is 4.98 Å². The van der Waals surface area contributed by atoms with Crippen LogP contribution in [0.5, 0.6) is 5.75 Å². The Morgan fingerprint density at radius 2 is 1.70 bits per heavy atom. The molecule has 6 heteroatoms. The fourth-order valence-electron chi connectivity index (χ4n) is 2.14. The number of fused-ring (bicyclic) bond motifs is 1. The van der Waals surface area contributed by atoms with Gasteiger partial charge in [0.15, 0.2) is 0 Å². The maximum absolute atomic E-state index is 12.3. The number of hydrogen-bond acceptors (Lipinski definition) is 3. The first-order valence-corrected chi connectivity index (χ1v) is 7.64. The highest BCUT2D eigenvalue weighted by atomic mass is 32.2. The summed E-state index contributed by atoms with van der Waals surface area (Å²) in [7, 11) is 0.